The SMILES string of the molecule is Bc1cc([N+](=O)[O-])cc(F)c1CC#N. The Morgan fingerprint density at radius 2 is 2.29 bits per heavy atom. The second kappa shape index (κ2) is 3.88. The Kier molecular flexibility index (Phi) is 2.82. The second-order valence-corrected chi connectivity index (χ2v) is 2.82. The number of hydrogen-bond donors (Lipinski definition) is 0. The fraction of sp³-hybridized carbons (Fsp3) is 0.125. The van der Waals surface area contributed by atoms with Gasteiger partial charge in [-0.05, 0) is 5.56 Å². The Hall–Kier alpha value is -1.90. The molecule has 0 saturated heterocycles. The summed E-state index contributed by atoms with van der Waals surface area (Å²) >= 11 is 0. The highest BCUT2D eigenvalue weighted by atomic mass is 19.1. The van der Waals surface area contributed by atoms with Crippen LogP contribution in [-0.4, -0.2) is 12.8 Å². The number of nitrogens with zero attached hydrogens (tertiary/aromatic N) is 2. The normalized spacial score (nSPS) is 9.43. The van der Waals surface area contributed by atoms with Gasteiger partial charge in [-0.15, -0.1) is 0 Å². The van der Waals surface area contributed by atoms with E-state index in [0.29, 0.717) is 5.46 Å². The summed E-state index contributed by atoms with van der Waals surface area (Å²) in [5, 5.41) is 18.7. The van der Waals surface area contributed by atoms with E-state index in [4.69, 9.17) is 5.26 Å². The lowest BCUT2D eigenvalue weighted by molar-refractivity contribution is -0.385. The summed E-state index contributed by atoms with van der Waals surface area (Å²) in [5.41, 5.74) is 0.359. The van der Waals surface area contributed by atoms with Crippen molar-refractivity contribution in [1.82, 2.24) is 0 Å². The molecule has 0 heterocycles. The van der Waals surface area contributed by atoms with Crippen molar-refractivity contribution >= 4 is 19.0 Å². The van der Waals surface area contributed by atoms with Crippen LogP contribution in [0.4, 0.5) is 10.1 Å². The molecule has 14 heavy (non-hydrogen) atoms. The first kappa shape index (κ1) is 10.2. The molecule has 0 aromatic heterocycles. The minimum Gasteiger partial charge on any atom is -0.258 e. The molecule has 0 N–H and O–H groups in total. The Bertz CT molecular complexity index is 405. The molecule has 0 fully saturated rings. The number of nitriles is 1. The molecule has 6 heteroatoms. The first-order valence-electron chi connectivity index (χ1n) is 3.86. The van der Waals surface area contributed by atoms with E-state index < -0.39 is 10.7 Å². The molecule has 1 aromatic rings. The number of rotatable bonds is 2. The first-order valence-corrected chi connectivity index (χ1v) is 3.86. The molecule has 0 amide bonds. The Labute approximate surface area is 80.5 Å². The lowest BCUT2D eigenvalue weighted by atomic mass is 9.88. The highest BCUT2D eigenvalue weighted by Crippen LogP contribution is 2.14. The van der Waals surface area contributed by atoms with Gasteiger partial charge >= 0.3 is 0 Å². The van der Waals surface area contributed by atoms with Gasteiger partial charge in [-0.2, -0.15) is 5.26 Å². The maximum Gasteiger partial charge on any atom is 0.271 e. The largest absolute Gasteiger partial charge is 0.271 e. The number of benzene rings is 1. The van der Waals surface area contributed by atoms with Crippen LogP contribution in [0.1, 0.15) is 5.56 Å². The third-order valence-corrected chi connectivity index (χ3v) is 1.87. The number of nitro groups is 1. The van der Waals surface area contributed by atoms with Gasteiger partial charge in [-0.3, -0.25) is 10.1 Å². The fourth-order valence-electron chi connectivity index (χ4n) is 1.16. The summed E-state index contributed by atoms with van der Waals surface area (Å²) in [4.78, 5) is 9.69. The highest BCUT2D eigenvalue weighted by Gasteiger charge is 2.13. The summed E-state index contributed by atoms with van der Waals surface area (Å²) in [6.45, 7) is 0. The quantitative estimate of drug-likeness (QED) is 0.378. The summed E-state index contributed by atoms with van der Waals surface area (Å²) in [5.74, 6) is -0.696. The lowest BCUT2D eigenvalue weighted by Crippen LogP contribution is -2.13. The van der Waals surface area contributed by atoms with Crippen molar-refractivity contribution in [1.29, 1.82) is 5.26 Å². The minimum absolute atomic E-state index is 0.0737. The average molecular weight is 192 g/mol. The maximum atomic E-state index is 13.2. The zero-order valence-corrected chi connectivity index (χ0v) is 7.45. The van der Waals surface area contributed by atoms with Gasteiger partial charge in [0.25, 0.3) is 5.69 Å². The van der Waals surface area contributed by atoms with Crippen LogP contribution in [0.25, 0.3) is 0 Å². The van der Waals surface area contributed by atoms with Gasteiger partial charge in [0.1, 0.15) is 13.7 Å². The zero-order valence-electron chi connectivity index (χ0n) is 7.45. The van der Waals surface area contributed by atoms with Crippen molar-refractivity contribution < 1.29 is 9.31 Å². The molecular formula is C8H6BFN2O2. The molecule has 0 aliphatic heterocycles. The number of non-ortho nitro benzene ring substituents is 1. The molecule has 0 aliphatic rings. The second-order valence-electron chi connectivity index (χ2n) is 2.82. The van der Waals surface area contributed by atoms with Crippen LogP contribution in [0.5, 0.6) is 0 Å². The number of hydrogen-bond acceptors (Lipinski definition) is 3. The first-order chi connectivity index (χ1) is 6.56. The predicted octanol–water partition coefficient (Wildman–Crippen LogP) is 0.0584. The van der Waals surface area contributed by atoms with E-state index >= 15 is 0 Å². The van der Waals surface area contributed by atoms with Crippen LogP contribution in [0.3, 0.4) is 0 Å². The molecule has 0 spiro atoms. The molecule has 0 aliphatic carbocycles. The molecule has 1 rings (SSSR count). The highest BCUT2D eigenvalue weighted by molar-refractivity contribution is 6.33. The number of halogens is 1. The van der Waals surface area contributed by atoms with E-state index in [-0.39, 0.29) is 17.7 Å². The molecule has 0 unspecified atom stereocenters. The van der Waals surface area contributed by atoms with Gasteiger partial charge in [0.15, 0.2) is 0 Å². The molecule has 0 atom stereocenters. The van der Waals surface area contributed by atoms with Crippen LogP contribution in [0, 0.1) is 27.3 Å². The van der Waals surface area contributed by atoms with Gasteiger partial charge < -0.3 is 0 Å². The van der Waals surface area contributed by atoms with E-state index in [1.54, 1.807) is 13.9 Å². The summed E-state index contributed by atoms with van der Waals surface area (Å²) < 4.78 is 13.2. The molecular weight excluding hydrogens is 186 g/mol. The maximum absolute atomic E-state index is 13.2. The molecule has 4 nitrogen and oxygen atoms in total. The Morgan fingerprint density at radius 3 is 2.71 bits per heavy atom. The number of nitro benzene ring substituents is 1. The van der Waals surface area contributed by atoms with E-state index in [2.05, 4.69) is 0 Å². The molecule has 70 valence electrons. The van der Waals surface area contributed by atoms with Crippen LogP contribution in [0.15, 0.2) is 12.1 Å². The smallest absolute Gasteiger partial charge is 0.258 e. The van der Waals surface area contributed by atoms with Crippen molar-refractivity contribution in [2.45, 2.75) is 6.42 Å². The van der Waals surface area contributed by atoms with Gasteiger partial charge in [-0.25, -0.2) is 4.39 Å². The Morgan fingerprint density at radius 1 is 1.64 bits per heavy atom. The fourth-order valence-corrected chi connectivity index (χ4v) is 1.16. The Balaban J connectivity index is 3.26. The van der Waals surface area contributed by atoms with Crippen molar-refractivity contribution in [2.24, 2.45) is 0 Å². The van der Waals surface area contributed by atoms with Crippen molar-refractivity contribution in [2.75, 3.05) is 0 Å². The van der Waals surface area contributed by atoms with Gasteiger partial charge in [-0.1, -0.05) is 5.46 Å². The summed E-state index contributed by atoms with van der Waals surface area (Å²) in [7, 11) is 1.54. The topological polar surface area (TPSA) is 66.9 Å². The third-order valence-electron chi connectivity index (χ3n) is 1.87. The molecule has 0 saturated carbocycles. The van der Waals surface area contributed by atoms with Crippen molar-refractivity contribution in [3.05, 3.63) is 33.6 Å². The molecule has 0 bridgehead atoms. The zero-order chi connectivity index (χ0) is 10.7. The molecule has 0 radical (unpaired) electrons. The summed E-state index contributed by atoms with van der Waals surface area (Å²) in [6.07, 6.45) is -0.0737. The minimum atomic E-state index is -0.696. The van der Waals surface area contributed by atoms with Crippen LogP contribution in [-0.2, 0) is 6.42 Å². The van der Waals surface area contributed by atoms with Crippen LogP contribution >= 0.6 is 0 Å². The monoisotopic (exact) mass is 192 g/mol. The van der Waals surface area contributed by atoms with E-state index in [0.717, 1.165) is 6.07 Å². The van der Waals surface area contributed by atoms with E-state index in [9.17, 15) is 14.5 Å². The van der Waals surface area contributed by atoms with Crippen LogP contribution < -0.4 is 5.46 Å². The lowest BCUT2D eigenvalue weighted by Gasteiger charge is -2.02. The van der Waals surface area contributed by atoms with Crippen LogP contribution in [0.2, 0.25) is 0 Å². The molecule has 1 aromatic carbocycles. The summed E-state index contributed by atoms with van der Waals surface area (Å²) in [6, 6.07) is 3.90. The van der Waals surface area contributed by atoms with E-state index in [1.807, 2.05) is 0 Å². The van der Waals surface area contributed by atoms with E-state index in [1.165, 1.54) is 6.07 Å². The van der Waals surface area contributed by atoms with Crippen molar-refractivity contribution in [3.8, 4) is 6.07 Å². The van der Waals surface area contributed by atoms with Gasteiger partial charge in [0.05, 0.1) is 23.5 Å². The third kappa shape index (κ3) is 1.88. The average Bonchev–Trinajstić information content (AvgIpc) is 2.10. The van der Waals surface area contributed by atoms with Gasteiger partial charge in [0.2, 0.25) is 0 Å². The standard InChI is InChI=1S/C8H6BFN2O2/c9-7-3-5(12(13)14)4-8(10)6(7)1-2-11/h3-4H,1,9H2. The predicted molar refractivity (Wildman–Crippen MR) is 50.5 cm³/mol. The van der Waals surface area contributed by atoms with Crippen molar-refractivity contribution in [3.63, 3.8) is 0 Å². The van der Waals surface area contributed by atoms with Gasteiger partial charge in [0, 0.05) is 6.07 Å².